The van der Waals surface area contributed by atoms with Gasteiger partial charge in [0.1, 0.15) is 12.0 Å². The Morgan fingerprint density at radius 2 is 2.04 bits per heavy atom. The van der Waals surface area contributed by atoms with Crippen molar-refractivity contribution in [2.24, 2.45) is 0 Å². The Kier molecular flexibility index (Phi) is 4.80. The second-order valence-corrected chi connectivity index (χ2v) is 6.07. The Balaban J connectivity index is 1.71. The summed E-state index contributed by atoms with van der Waals surface area (Å²) in [5.41, 5.74) is 1.55. The molecule has 1 aromatic carbocycles. The number of methoxy groups -OCH3 is 1. The van der Waals surface area contributed by atoms with Gasteiger partial charge in [0.15, 0.2) is 5.69 Å². The van der Waals surface area contributed by atoms with Gasteiger partial charge in [-0.2, -0.15) is 4.98 Å². The van der Waals surface area contributed by atoms with Crippen molar-refractivity contribution in [2.75, 3.05) is 17.7 Å². The van der Waals surface area contributed by atoms with Crippen molar-refractivity contribution in [3.63, 3.8) is 0 Å². The van der Waals surface area contributed by atoms with E-state index < -0.39 is 5.91 Å². The minimum absolute atomic E-state index is 0.0419. The molecule has 0 saturated carbocycles. The molecule has 8 heteroatoms. The highest BCUT2D eigenvalue weighted by atomic mass is 32.1. The van der Waals surface area contributed by atoms with Crippen molar-refractivity contribution in [2.45, 2.75) is 6.92 Å². The Labute approximate surface area is 147 Å². The zero-order chi connectivity index (χ0) is 17.8. The summed E-state index contributed by atoms with van der Waals surface area (Å²) in [6, 6.07) is 8.84. The normalized spacial score (nSPS) is 10.3. The lowest BCUT2D eigenvalue weighted by Gasteiger charge is -2.09. The molecule has 0 aliphatic heterocycles. The van der Waals surface area contributed by atoms with Crippen molar-refractivity contribution >= 4 is 34.9 Å². The first-order chi connectivity index (χ1) is 12.1. The number of amides is 2. The minimum atomic E-state index is -0.468. The molecule has 0 unspecified atom stereocenters. The lowest BCUT2D eigenvalue weighted by Crippen LogP contribution is -2.14. The van der Waals surface area contributed by atoms with E-state index in [2.05, 4.69) is 15.6 Å². The van der Waals surface area contributed by atoms with Gasteiger partial charge in [0, 0.05) is 0 Å². The van der Waals surface area contributed by atoms with Gasteiger partial charge >= 0.3 is 6.01 Å². The van der Waals surface area contributed by atoms with Gasteiger partial charge in [-0.15, -0.1) is 11.3 Å². The third-order valence-corrected chi connectivity index (χ3v) is 4.17. The van der Waals surface area contributed by atoms with Gasteiger partial charge in [-0.25, -0.2) is 0 Å². The van der Waals surface area contributed by atoms with Gasteiger partial charge in [0.2, 0.25) is 0 Å². The van der Waals surface area contributed by atoms with Crippen LogP contribution in [0.15, 0.2) is 46.4 Å². The van der Waals surface area contributed by atoms with Gasteiger partial charge in [-0.05, 0) is 36.1 Å². The lowest BCUT2D eigenvalue weighted by molar-refractivity contribution is 0.101. The molecule has 0 aliphatic rings. The number of nitrogens with one attached hydrogen (secondary N) is 2. The van der Waals surface area contributed by atoms with Crippen LogP contribution < -0.4 is 15.4 Å². The smallest absolute Gasteiger partial charge is 0.302 e. The fraction of sp³-hybridized carbons (Fsp3) is 0.118. The predicted octanol–water partition coefficient (Wildman–Crippen LogP) is 3.56. The number of ether oxygens (including phenoxy) is 1. The summed E-state index contributed by atoms with van der Waals surface area (Å²) < 4.78 is 10.4. The number of hydrogen-bond acceptors (Lipinski definition) is 6. The second-order valence-electron chi connectivity index (χ2n) is 5.13. The Hall–Kier alpha value is -3.13. The van der Waals surface area contributed by atoms with Gasteiger partial charge in [-0.1, -0.05) is 12.1 Å². The van der Waals surface area contributed by atoms with Gasteiger partial charge in [0.05, 0.1) is 17.7 Å². The van der Waals surface area contributed by atoms with Crippen molar-refractivity contribution in [3.8, 4) is 5.75 Å². The van der Waals surface area contributed by atoms with E-state index >= 15 is 0 Å². The molecular weight excluding hydrogens is 342 g/mol. The van der Waals surface area contributed by atoms with E-state index in [0.29, 0.717) is 16.3 Å². The topological polar surface area (TPSA) is 93.5 Å². The van der Waals surface area contributed by atoms with E-state index in [9.17, 15) is 9.59 Å². The number of aryl methyl sites for hydroxylation is 1. The van der Waals surface area contributed by atoms with Crippen LogP contribution in [0.25, 0.3) is 0 Å². The fourth-order valence-corrected chi connectivity index (χ4v) is 2.73. The molecule has 0 saturated heterocycles. The number of aromatic nitrogens is 1. The molecule has 0 radical (unpaired) electrons. The average molecular weight is 357 g/mol. The summed E-state index contributed by atoms with van der Waals surface area (Å²) in [6.07, 6.45) is 1.18. The van der Waals surface area contributed by atoms with Crippen LogP contribution in [0.2, 0.25) is 0 Å². The van der Waals surface area contributed by atoms with Crippen molar-refractivity contribution in [1.29, 1.82) is 0 Å². The summed E-state index contributed by atoms with van der Waals surface area (Å²) in [7, 11) is 1.52. The quantitative estimate of drug-likeness (QED) is 0.728. The van der Waals surface area contributed by atoms with E-state index in [1.165, 1.54) is 24.7 Å². The van der Waals surface area contributed by atoms with Crippen LogP contribution in [0.3, 0.4) is 0 Å². The standard InChI is InChI=1S/C17H15N3O4S/c1-10-5-6-13(23-2)11(8-10)18-15(21)12-9-24-17(19-12)20-16(22)14-4-3-7-25-14/h3-9H,1-2H3,(H,18,21)(H,19,20,22). The van der Waals surface area contributed by atoms with Crippen molar-refractivity contribution < 1.29 is 18.7 Å². The van der Waals surface area contributed by atoms with Crippen LogP contribution >= 0.6 is 11.3 Å². The molecule has 7 nitrogen and oxygen atoms in total. The molecule has 128 valence electrons. The number of carbonyl (C=O) groups excluding carboxylic acids is 2. The summed E-state index contributed by atoms with van der Waals surface area (Å²) in [6.45, 7) is 1.91. The maximum atomic E-state index is 12.3. The maximum absolute atomic E-state index is 12.3. The largest absolute Gasteiger partial charge is 0.495 e. The van der Waals surface area contributed by atoms with Gasteiger partial charge in [-0.3, -0.25) is 14.9 Å². The third kappa shape index (κ3) is 3.86. The molecule has 0 fully saturated rings. The van der Waals surface area contributed by atoms with E-state index in [1.807, 2.05) is 13.0 Å². The van der Waals surface area contributed by atoms with Crippen LogP contribution in [-0.2, 0) is 0 Å². The van der Waals surface area contributed by atoms with Crippen LogP contribution in [0, 0.1) is 6.92 Å². The molecule has 2 heterocycles. The van der Waals surface area contributed by atoms with E-state index in [4.69, 9.17) is 9.15 Å². The van der Waals surface area contributed by atoms with Gasteiger partial charge in [0.25, 0.3) is 11.8 Å². The number of oxazole rings is 1. The summed E-state index contributed by atoms with van der Waals surface area (Å²) in [4.78, 5) is 28.8. The molecule has 0 aliphatic carbocycles. The number of thiophene rings is 1. The third-order valence-electron chi connectivity index (χ3n) is 3.31. The monoisotopic (exact) mass is 357 g/mol. The Morgan fingerprint density at radius 1 is 1.20 bits per heavy atom. The van der Waals surface area contributed by atoms with E-state index in [1.54, 1.807) is 29.6 Å². The lowest BCUT2D eigenvalue weighted by atomic mass is 10.2. The predicted molar refractivity (Wildman–Crippen MR) is 94.5 cm³/mol. The zero-order valence-corrected chi connectivity index (χ0v) is 14.3. The van der Waals surface area contributed by atoms with Crippen LogP contribution in [-0.4, -0.2) is 23.9 Å². The summed E-state index contributed by atoms with van der Waals surface area (Å²) in [5, 5.41) is 7.01. The number of anilines is 2. The molecule has 3 rings (SSSR count). The van der Waals surface area contributed by atoms with Crippen LogP contribution in [0.1, 0.15) is 25.7 Å². The Morgan fingerprint density at radius 3 is 2.76 bits per heavy atom. The summed E-state index contributed by atoms with van der Waals surface area (Å²) >= 11 is 1.30. The molecule has 2 N–H and O–H groups in total. The molecule has 2 aromatic heterocycles. The first-order valence-electron chi connectivity index (χ1n) is 7.33. The SMILES string of the molecule is COc1ccc(C)cc1NC(=O)c1coc(NC(=O)c2cccs2)n1. The number of benzene rings is 1. The molecule has 3 aromatic rings. The highest BCUT2D eigenvalue weighted by Crippen LogP contribution is 2.25. The number of rotatable bonds is 5. The van der Waals surface area contributed by atoms with E-state index in [-0.39, 0.29) is 17.6 Å². The Bertz CT molecular complexity index is 903. The molecular formula is C17H15N3O4S. The molecule has 25 heavy (non-hydrogen) atoms. The van der Waals surface area contributed by atoms with Crippen LogP contribution in [0.5, 0.6) is 5.75 Å². The summed E-state index contributed by atoms with van der Waals surface area (Å²) in [5.74, 6) is -0.276. The van der Waals surface area contributed by atoms with Gasteiger partial charge < -0.3 is 14.5 Å². The second kappa shape index (κ2) is 7.18. The molecule has 0 atom stereocenters. The molecule has 2 amide bonds. The fourth-order valence-electron chi connectivity index (χ4n) is 2.11. The van der Waals surface area contributed by atoms with Crippen molar-refractivity contribution in [1.82, 2.24) is 4.98 Å². The van der Waals surface area contributed by atoms with Crippen molar-refractivity contribution in [3.05, 3.63) is 58.1 Å². The first-order valence-corrected chi connectivity index (χ1v) is 8.21. The molecule has 0 spiro atoms. The number of carbonyl (C=O) groups is 2. The van der Waals surface area contributed by atoms with E-state index in [0.717, 1.165) is 5.56 Å². The maximum Gasteiger partial charge on any atom is 0.302 e. The first kappa shape index (κ1) is 16.7. The number of nitrogens with zero attached hydrogens (tertiary/aromatic N) is 1. The zero-order valence-electron chi connectivity index (χ0n) is 13.5. The minimum Gasteiger partial charge on any atom is -0.495 e. The highest BCUT2D eigenvalue weighted by molar-refractivity contribution is 7.12. The highest BCUT2D eigenvalue weighted by Gasteiger charge is 2.16. The number of hydrogen-bond donors (Lipinski definition) is 2. The van der Waals surface area contributed by atoms with Crippen LogP contribution in [0.4, 0.5) is 11.7 Å². The molecule has 0 bridgehead atoms. The average Bonchev–Trinajstić information content (AvgIpc) is 3.27.